The zero-order chi connectivity index (χ0) is 17.4. The van der Waals surface area contributed by atoms with Gasteiger partial charge in [0.2, 0.25) is 5.91 Å². The highest BCUT2D eigenvalue weighted by Crippen LogP contribution is 2.34. The van der Waals surface area contributed by atoms with Crippen LogP contribution in [0.15, 0.2) is 24.3 Å². The van der Waals surface area contributed by atoms with Crippen LogP contribution in [0.1, 0.15) is 31.7 Å². The number of nitrogens with zero attached hydrogens (tertiary/aromatic N) is 1. The van der Waals surface area contributed by atoms with Crippen molar-refractivity contribution < 1.29 is 19.0 Å². The lowest BCUT2D eigenvalue weighted by Crippen LogP contribution is -2.46. The number of aliphatic hydroxyl groups is 1. The van der Waals surface area contributed by atoms with Crippen LogP contribution in [0.3, 0.4) is 0 Å². The molecule has 0 saturated carbocycles. The lowest BCUT2D eigenvalue weighted by Gasteiger charge is -2.38. The molecule has 5 nitrogen and oxygen atoms in total. The molecule has 1 fully saturated rings. The van der Waals surface area contributed by atoms with Gasteiger partial charge in [-0.2, -0.15) is 0 Å². The maximum absolute atomic E-state index is 13.9. The van der Waals surface area contributed by atoms with Crippen LogP contribution < -0.4 is 5.32 Å². The first-order chi connectivity index (χ1) is 11.5. The van der Waals surface area contributed by atoms with E-state index in [4.69, 9.17) is 4.74 Å². The maximum Gasteiger partial charge on any atom is 0.234 e. The van der Waals surface area contributed by atoms with Gasteiger partial charge < -0.3 is 15.2 Å². The molecule has 6 heteroatoms. The smallest absolute Gasteiger partial charge is 0.234 e. The molecule has 1 saturated heterocycles. The fraction of sp³-hybridized carbons (Fsp3) is 0.611. The fourth-order valence-electron chi connectivity index (χ4n) is 2.99. The first kappa shape index (κ1) is 18.8. The predicted octanol–water partition coefficient (Wildman–Crippen LogP) is 1.65. The second kappa shape index (κ2) is 9.11. The van der Waals surface area contributed by atoms with Crippen LogP contribution in [0.4, 0.5) is 4.39 Å². The van der Waals surface area contributed by atoms with Crippen LogP contribution in [-0.2, 0) is 15.1 Å². The minimum atomic E-state index is -1.14. The Morgan fingerprint density at radius 3 is 2.75 bits per heavy atom. The molecule has 134 valence electrons. The fourth-order valence-corrected chi connectivity index (χ4v) is 2.99. The minimum Gasteiger partial charge on any atom is -0.385 e. The summed E-state index contributed by atoms with van der Waals surface area (Å²) in [4.78, 5) is 13.9. The van der Waals surface area contributed by atoms with E-state index in [2.05, 4.69) is 5.32 Å². The Morgan fingerprint density at radius 1 is 1.38 bits per heavy atom. The summed E-state index contributed by atoms with van der Waals surface area (Å²) in [5, 5.41) is 13.6. The van der Waals surface area contributed by atoms with Gasteiger partial charge in [0.15, 0.2) is 0 Å². The molecule has 1 heterocycles. The van der Waals surface area contributed by atoms with Crippen molar-refractivity contribution in [3.05, 3.63) is 35.6 Å². The molecule has 2 N–H and O–H groups in total. The number of likely N-dealkylation sites (tertiary alicyclic amines) is 1. The zero-order valence-electron chi connectivity index (χ0n) is 14.3. The third kappa shape index (κ3) is 5.26. The Labute approximate surface area is 142 Å². The summed E-state index contributed by atoms with van der Waals surface area (Å²) in [5.74, 6) is -0.400. The van der Waals surface area contributed by atoms with Gasteiger partial charge in [0.25, 0.3) is 0 Å². The topological polar surface area (TPSA) is 61.8 Å². The molecule has 24 heavy (non-hydrogen) atoms. The molecule has 0 atom stereocenters. The SMILES string of the molecule is CCOCCCNC(=O)CN1CCC(O)(c2ccccc2F)CC1. The van der Waals surface area contributed by atoms with Crippen LogP contribution in [0.25, 0.3) is 0 Å². The molecule has 1 aromatic carbocycles. The molecule has 1 aliphatic heterocycles. The summed E-state index contributed by atoms with van der Waals surface area (Å²) >= 11 is 0. The molecule has 0 unspecified atom stereocenters. The second-order valence-corrected chi connectivity index (χ2v) is 6.19. The Balaban J connectivity index is 1.74. The molecular weight excluding hydrogens is 311 g/mol. The monoisotopic (exact) mass is 338 g/mol. The minimum absolute atomic E-state index is 0.0252. The molecule has 0 bridgehead atoms. The van der Waals surface area contributed by atoms with Crippen LogP contribution in [-0.4, -0.2) is 55.3 Å². The summed E-state index contributed by atoms with van der Waals surface area (Å²) < 4.78 is 19.1. The van der Waals surface area contributed by atoms with Crippen molar-refractivity contribution in [3.63, 3.8) is 0 Å². The lowest BCUT2D eigenvalue weighted by molar-refractivity contribution is -0.123. The normalized spacial score (nSPS) is 17.6. The summed E-state index contributed by atoms with van der Waals surface area (Å²) in [6.45, 7) is 5.32. The standard InChI is InChI=1S/C18H27FN2O3/c1-2-24-13-5-10-20-17(22)14-21-11-8-18(23,9-12-21)15-6-3-4-7-16(15)19/h3-4,6-7,23H,2,5,8-14H2,1H3,(H,20,22). The largest absolute Gasteiger partial charge is 0.385 e. The van der Waals surface area contributed by atoms with Crippen molar-refractivity contribution in [2.45, 2.75) is 31.8 Å². The highest BCUT2D eigenvalue weighted by molar-refractivity contribution is 5.77. The van der Waals surface area contributed by atoms with Gasteiger partial charge >= 0.3 is 0 Å². The zero-order valence-corrected chi connectivity index (χ0v) is 14.3. The van der Waals surface area contributed by atoms with E-state index in [0.29, 0.717) is 57.8 Å². The van der Waals surface area contributed by atoms with Gasteiger partial charge in [-0.15, -0.1) is 0 Å². The Kier molecular flexibility index (Phi) is 7.15. The van der Waals surface area contributed by atoms with Crippen molar-refractivity contribution >= 4 is 5.91 Å². The van der Waals surface area contributed by atoms with Crippen LogP contribution >= 0.6 is 0 Å². The summed E-state index contributed by atoms with van der Waals surface area (Å²) in [6.07, 6.45) is 1.64. The summed E-state index contributed by atoms with van der Waals surface area (Å²) in [7, 11) is 0. The van der Waals surface area contributed by atoms with E-state index in [0.717, 1.165) is 6.42 Å². The van der Waals surface area contributed by atoms with Gasteiger partial charge in [0.05, 0.1) is 12.1 Å². The Bertz CT molecular complexity index is 531. The number of ether oxygens (including phenoxy) is 1. The van der Waals surface area contributed by atoms with Crippen LogP contribution in [0.5, 0.6) is 0 Å². The second-order valence-electron chi connectivity index (χ2n) is 6.19. The summed E-state index contributed by atoms with van der Waals surface area (Å²) in [5.41, 5.74) is -0.791. The van der Waals surface area contributed by atoms with E-state index >= 15 is 0 Å². The molecule has 0 spiro atoms. The van der Waals surface area contributed by atoms with Gasteiger partial charge in [-0.3, -0.25) is 9.69 Å². The van der Waals surface area contributed by atoms with E-state index in [1.54, 1.807) is 18.2 Å². The third-order valence-corrected chi connectivity index (χ3v) is 4.42. The van der Waals surface area contributed by atoms with E-state index in [1.165, 1.54) is 6.07 Å². The Morgan fingerprint density at radius 2 is 2.08 bits per heavy atom. The number of piperidine rings is 1. The molecule has 1 amide bonds. The van der Waals surface area contributed by atoms with E-state index in [-0.39, 0.29) is 11.7 Å². The van der Waals surface area contributed by atoms with E-state index in [9.17, 15) is 14.3 Å². The number of benzene rings is 1. The first-order valence-corrected chi connectivity index (χ1v) is 8.59. The van der Waals surface area contributed by atoms with Gasteiger partial charge in [-0.1, -0.05) is 18.2 Å². The van der Waals surface area contributed by atoms with E-state index < -0.39 is 5.60 Å². The number of amides is 1. The number of rotatable bonds is 8. The average Bonchev–Trinajstić information content (AvgIpc) is 2.57. The predicted molar refractivity (Wildman–Crippen MR) is 90.1 cm³/mol. The van der Waals surface area contributed by atoms with Crippen molar-refractivity contribution in [3.8, 4) is 0 Å². The van der Waals surface area contributed by atoms with Crippen LogP contribution in [0.2, 0.25) is 0 Å². The quantitative estimate of drug-likeness (QED) is 0.708. The molecule has 1 aliphatic rings. The number of hydrogen-bond acceptors (Lipinski definition) is 4. The van der Waals surface area contributed by atoms with Crippen molar-refractivity contribution in [2.24, 2.45) is 0 Å². The average molecular weight is 338 g/mol. The summed E-state index contributed by atoms with van der Waals surface area (Å²) in [6, 6.07) is 6.36. The highest BCUT2D eigenvalue weighted by Gasteiger charge is 2.36. The highest BCUT2D eigenvalue weighted by atomic mass is 19.1. The van der Waals surface area contributed by atoms with Crippen molar-refractivity contribution in [2.75, 3.05) is 39.4 Å². The first-order valence-electron chi connectivity index (χ1n) is 8.59. The number of hydrogen-bond donors (Lipinski definition) is 2. The molecule has 0 radical (unpaired) electrons. The maximum atomic E-state index is 13.9. The van der Waals surface area contributed by atoms with Gasteiger partial charge in [0.1, 0.15) is 5.82 Å². The van der Waals surface area contributed by atoms with Crippen LogP contribution in [0, 0.1) is 5.82 Å². The van der Waals surface area contributed by atoms with Gasteiger partial charge in [-0.25, -0.2) is 4.39 Å². The lowest BCUT2D eigenvalue weighted by atomic mass is 9.84. The number of halogens is 1. The molecule has 1 aromatic rings. The third-order valence-electron chi connectivity index (χ3n) is 4.42. The number of nitrogens with one attached hydrogen (secondary N) is 1. The molecular formula is C18H27FN2O3. The number of carbonyl (C=O) groups is 1. The van der Waals surface area contributed by atoms with Gasteiger partial charge in [0, 0.05) is 38.4 Å². The molecule has 2 rings (SSSR count). The van der Waals surface area contributed by atoms with Crippen molar-refractivity contribution in [1.82, 2.24) is 10.2 Å². The molecule has 0 aliphatic carbocycles. The number of carbonyl (C=O) groups excluding carboxylic acids is 1. The Hall–Kier alpha value is -1.50. The molecule has 0 aromatic heterocycles. The van der Waals surface area contributed by atoms with E-state index in [1.807, 2.05) is 11.8 Å². The van der Waals surface area contributed by atoms with Crippen molar-refractivity contribution in [1.29, 1.82) is 0 Å². The van der Waals surface area contributed by atoms with Gasteiger partial charge in [-0.05, 0) is 32.3 Å².